The van der Waals surface area contributed by atoms with Crippen molar-refractivity contribution in [3.63, 3.8) is 0 Å². The highest BCUT2D eigenvalue weighted by molar-refractivity contribution is 6.09. The van der Waals surface area contributed by atoms with E-state index in [1.165, 1.54) is 4.90 Å². The first kappa shape index (κ1) is 29.3. The number of methoxy groups -OCH3 is 2. The number of carbonyl (C=O) groups excluding carboxylic acids is 3. The quantitative estimate of drug-likeness (QED) is 0.234. The zero-order valence-electron chi connectivity index (χ0n) is 22.9. The van der Waals surface area contributed by atoms with Crippen LogP contribution in [0.3, 0.4) is 0 Å². The first-order valence-corrected chi connectivity index (χ1v) is 12.8. The van der Waals surface area contributed by atoms with E-state index in [-0.39, 0.29) is 29.9 Å². The van der Waals surface area contributed by atoms with Crippen molar-refractivity contribution in [2.75, 3.05) is 19.1 Å². The monoisotopic (exact) mass is 568 g/mol. The van der Waals surface area contributed by atoms with Crippen LogP contribution >= 0.6 is 0 Å². The predicted molar refractivity (Wildman–Crippen MR) is 154 cm³/mol. The lowest BCUT2D eigenvalue weighted by molar-refractivity contribution is 0.0576. The summed E-state index contributed by atoms with van der Waals surface area (Å²) >= 11 is 0. The molecule has 0 spiro atoms. The molecule has 0 unspecified atom stereocenters. The molecule has 4 aromatic carbocycles. The number of hydrogen-bond acceptors (Lipinski definition) is 7. The standard InChI is InChI=1S/C32H28N2O8/c1-40-30(37)26-18-28(27(31(38)41-2)17-25(26)29(35)36)34(20-22-9-5-3-6-10-22)32(39)33-19-21-13-15-24(16-14-21)42-23-11-7-4-8-12-23/h3-18H,19-20H2,1-2H3,(H,33,39)(H,35,36). The lowest BCUT2D eigenvalue weighted by Crippen LogP contribution is -2.40. The lowest BCUT2D eigenvalue weighted by Gasteiger charge is -2.26. The topological polar surface area (TPSA) is 131 Å². The third-order valence-electron chi connectivity index (χ3n) is 6.24. The van der Waals surface area contributed by atoms with Gasteiger partial charge >= 0.3 is 23.9 Å². The summed E-state index contributed by atoms with van der Waals surface area (Å²) in [6, 6.07) is 27.0. The molecule has 42 heavy (non-hydrogen) atoms. The van der Waals surface area contributed by atoms with Gasteiger partial charge in [-0.2, -0.15) is 0 Å². The normalized spacial score (nSPS) is 10.3. The minimum absolute atomic E-state index is 0.00640. The molecular weight excluding hydrogens is 540 g/mol. The first-order chi connectivity index (χ1) is 20.3. The molecule has 0 atom stereocenters. The van der Waals surface area contributed by atoms with Crippen LogP contribution < -0.4 is 15.0 Å². The number of benzene rings is 4. The maximum atomic E-state index is 13.7. The van der Waals surface area contributed by atoms with Gasteiger partial charge in [0.2, 0.25) is 0 Å². The van der Waals surface area contributed by atoms with Crippen LogP contribution in [-0.2, 0) is 22.6 Å². The van der Waals surface area contributed by atoms with Gasteiger partial charge in [0.1, 0.15) is 11.5 Å². The number of urea groups is 1. The molecule has 0 bridgehead atoms. The second-order valence-electron chi connectivity index (χ2n) is 8.99. The lowest BCUT2D eigenvalue weighted by atomic mass is 10.0. The molecule has 10 nitrogen and oxygen atoms in total. The van der Waals surface area contributed by atoms with Crippen LogP contribution in [0.5, 0.6) is 11.5 Å². The smallest absolute Gasteiger partial charge is 0.340 e. The number of hydrogen-bond donors (Lipinski definition) is 2. The highest BCUT2D eigenvalue weighted by Crippen LogP contribution is 2.29. The molecule has 0 aromatic heterocycles. The van der Waals surface area contributed by atoms with Gasteiger partial charge < -0.3 is 24.6 Å². The van der Waals surface area contributed by atoms with Crippen molar-refractivity contribution in [1.29, 1.82) is 0 Å². The Morgan fingerprint density at radius 1 is 0.690 bits per heavy atom. The summed E-state index contributed by atoms with van der Waals surface area (Å²) in [6.07, 6.45) is 0. The highest BCUT2D eigenvalue weighted by atomic mass is 16.5. The zero-order valence-corrected chi connectivity index (χ0v) is 22.9. The Morgan fingerprint density at radius 3 is 1.86 bits per heavy atom. The van der Waals surface area contributed by atoms with Gasteiger partial charge in [-0.1, -0.05) is 60.7 Å². The molecule has 4 aromatic rings. The Bertz CT molecular complexity index is 1570. The number of nitrogens with zero attached hydrogens (tertiary/aromatic N) is 1. The maximum Gasteiger partial charge on any atom is 0.340 e. The number of para-hydroxylation sites is 1. The summed E-state index contributed by atoms with van der Waals surface area (Å²) < 4.78 is 15.5. The highest BCUT2D eigenvalue weighted by Gasteiger charge is 2.29. The average molecular weight is 569 g/mol. The summed E-state index contributed by atoms with van der Waals surface area (Å²) in [5.41, 5.74) is 0.452. The van der Waals surface area contributed by atoms with E-state index in [1.54, 1.807) is 48.5 Å². The summed E-state index contributed by atoms with van der Waals surface area (Å²) in [4.78, 5) is 52.1. The van der Waals surface area contributed by atoms with Gasteiger partial charge in [0.25, 0.3) is 0 Å². The number of ether oxygens (including phenoxy) is 3. The minimum Gasteiger partial charge on any atom is -0.478 e. The molecule has 10 heteroatoms. The van der Waals surface area contributed by atoms with Crippen LogP contribution in [0.2, 0.25) is 0 Å². The van der Waals surface area contributed by atoms with Crippen molar-refractivity contribution in [2.24, 2.45) is 0 Å². The van der Waals surface area contributed by atoms with E-state index in [0.717, 1.165) is 31.9 Å². The van der Waals surface area contributed by atoms with Gasteiger partial charge in [0, 0.05) is 6.54 Å². The zero-order chi connectivity index (χ0) is 30.1. The van der Waals surface area contributed by atoms with Crippen molar-refractivity contribution in [3.8, 4) is 11.5 Å². The van der Waals surface area contributed by atoms with Crippen molar-refractivity contribution in [3.05, 3.63) is 125 Å². The van der Waals surface area contributed by atoms with Crippen molar-refractivity contribution in [1.82, 2.24) is 5.32 Å². The van der Waals surface area contributed by atoms with E-state index in [0.29, 0.717) is 17.1 Å². The fourth-order valence-electron chi connectivity index (χ4n) is 4.15. The maximum absolute atomic E-state index is 13.7. The number of carbonyl (C=O) groups is 4. The third kappa shape index (κ3) is 7.11. The fraction of sp³-hybridized carbons (Fsp3) is 0.125. The molecule has 4 rings (SSSR count). The summed E-state index contributed by atoms with van der Waals surface area (Å²) in [7, 11) is 2.24. The predicted octanol–water partition coefficient (Wildman–Crippen LogP) is 5.67. The van der Waals surface area contributed by atoms with E-state index < -0.39 is 29.5 Å². The molecule has 0 fully saturated rings. The van der Waals surface area contributed by atoms with E-state index >= 15 is 0 Å². The average Bonchev–Trinajstić information content (AvgIpc) is 3.02. The largest absolute Gasteiger partial charge is 0.478 e. The Balaban J connectivity index is 1.66. The number of rotatable bonds is 10. The number of amides is 2. The molecule has 0 aliphatic carbocycles. The molecule has 2 N–H and O–H groups in total. The minimum atomic E-state index is -1.45. The Morgan fingerprint density at radius 2 is 1.26 bits per heavy atom. The summed E-state index contributed by atoms with van der Waals surface area (Å²) in [6.45, 7) is 0.119. The third-order valence-corrected chi connectivity index (χ3v) is 6.24. The van der Waals surface area contributed by atoms with Gasteiger partial charge in [-0.25, -0.2) is 19.2 Å². The number of esters is 2. The Kier molecular flexibility index (Phi) is 9.52. The molecule has 214 valence electrons. The van der Waals surface area contributed by atoms with Crippen LogP contribution in [0.1, 0.15) is 42.2 Å². The van der Waals surface area contributed by atoms with Gasteiger partial charge in [-0.05, 0) is 47.5 Å². The molecular formula is C32H28N2O8. The van der Waals surface area contributed by atoms with Crippen LogP contribution in [0.4, 0.5) is 10.5 Å². The number of carboxylic acid groups (broad SMARTS) is 1. The second-order valence-corrected chi connectivity index (χ2v) is 8.99. The van der Waals surface area contributed by atoms with Gasteiger partial charge in [-0.15, -0.1) is 0 Å². The first-order valence-electron chi connectivity index (χ1n) is 12.8. The summed E-state index contributed by atoms with van der Waals surface area (Å²) in [5.74, 6) is -1.96. The molecule has 0 heterocycles. The molecule has 0 saturated carbocycles. The number of nitrogens with one attached hydrogen (secondary N) is 1. The van der Waals surface area contributed by atoms with Gasteiger partial charge in [0.15, 0.2) is 0 Å². The van der Waals surface area contributed by atoms with E-state index in [2.05, 4.69) is 5.32 Å². The van der Waals surface area contributed by atoms with Crippen LogP contribution in [0.25, 0.3) is 0 Å². The molecule has 0 saturated heterocycles. The molecule has 0 aliphatic heterocycles. The van der Waals surface area contributed by atoms with Crippen LogP contribution in [0.15, 0.2) is 97.1 Å². The van der Waals surface area contributed by atoms with Gasteiger partial charge in [-0.3, -0.25) is 4.90 Å². The number of anilines is 1. The number of carboxylic acids is 1. The van der Waals surface area contributed by atoms with Crippen LogP contribution in [-0.4, -0.2) is 43.3 Å². The van der Waals surface area contributed by atoms with E-state index in [4.69, 9.17) is 14.2 Å². The molecule has 0 aliphatic rings. The van der Waals surface area contributed by atoms with Crippen LogP contribution in [0, 0.1) is 0 Å². The Hall–Kier alpha value is -5.64. The van der Waals surface area contributed by atoms with E-state index in [1.807, 2.05) is 36.4 Å². The second kappa shape index (κ2) is 13.6. The number of aromatic carboxylic acids is 1. The van der Waals surface area contributed by atoms with E-state index in [9.17, 15) is 24.3 Å². The SMILES string of the molecule is COC(=O)c1cc(N(Cc2ccccc2)C(=O)NCc2ccc(Oc3ccccc3)cc2)c(C(=O)OC)cc1C(=O)O. The van der Waals surface area contributed by atoms with Crippen molar-refractivity contribution < 1.29 is 38.5 Å². The molecule has 2 amide bonds. The van der Waals surface area contributed by atoms with Crippen molar-refractivity contribution >= 4 is 29.6 Å². The summed E-state index contributed by atoms with van der Waals surface area (Å²) in [5, 5.41) is 12.5. The fourth-order valence-corrected chi connectivity index (χ4v) is 4.15. The molecule has 0 radical (unpaired) electrons. The Labute approximate surface area is 242 Å². The van der Waals surface area contributed by atoms with Crippen molar-refractivity contribution in [2.45, 2.75) is 13.1 Å². The van der Waals surface area contributed by atoms with Gasteiger partial charge in [0.05, 0.1) is 43.1 Å².